The van der Waals surface area contributed by atoms with E-state index in [2.05, 4.69) is 24.4 Å². The average Bonchev–Trinajstić information content (AvgIpc) is 2.31. The van der Waals surface area contributed by atoms with Crippen LogP contribution in [-0.2, 0) is 4.74 Å². The second-order valence-corrected chi connectivity index (χ2v) is 5.34. The summed E-state index contributed by atoms with van der Waals surface area (Å²) in [6.45, 7) is 4.29. The summed E-state index contributed by atoms with van der Waals surface area (Å²) in [7, 11) is 0. The van der Waals surface area contributed by atoms with Crippen molar-refractivity contribution >= 4 is 0 Å². The maximum Gasteiger partial charge on any atom is 0.0468 e. The van der Waals surface area contributed by atoms with Crippen LogP contribution in [0.3, 0.4) is 0 Å². The van der Waals surface area contributed by atoms with Gasteiger partial charge in [-0.2, -0.15) is 0 Å². The summed E-state index contributed by atoms with van der Waals surface area (Å²) in [5, 5.41) is 3.77. The molecule has 0 radical (unpaired) electrons. The molecule has 2 aliphatic rings. The first kappa shape index (κ1) is 12.1. The van der Waals surface area contributed by atoms with Gasteiger partial charge in [-0.1, -0.05) is 12.2 Å². The van der Waals surface area contributed by atoms with Crippen LogP contribution in [0.5, 0.6) is 0 Å². The number of nitrogens with one attached hydrogen (secondary N) is 1. The van der Waals surface area contributed by atoms with E-state index in [1.807, 2.05) is 0 Å². The van der Waals surface area contributed by atoms with E-state index >= 15 is 0 Å². The van der Waals surface area contributed by atoms with Crippen molar-refractivity contribution in [2.45, 2.75) is 57.5 Å². The quantitative estimate of drug-likeness (QED) is 0.740. The monoisotopic (exact) mass is 223 g/mol. The molecule has 16 heavy (non-hydrogen) atoms. The van der Waals surface area contributed by atoms with Gasteiger partial charge in [-0.3, -0.25) is 0 Å². The lowest BCUT2D eigenvalue weighted by Gasteiger charge is -2.29. The third-order valence-corrected chi connectivity index (χ3v) is 3.82. The number of allylic oxidation sites excluding steroid dienone is 1. The Bertz CT molecular complexity index is 221. The molecular formula is C14H25NO. The number of hydrogen-bond acceptors (Lipinski definition) is 2. The van der Waals surface area contributed by atoms with Crippen LogP contribution in [0.15, 0.2) is 12.2 Å². The molecule has 0 bridgehead atoms. The Labute approximate surface area is 99.4 Å². The smallest absolute Gasteiger partial charge is 0.0468 e. The van der Waals surface area contributed by atoms with Crippen molar-refractivity contribution in [3.63, 3.8) is 0 Å². The topological polar surface area (TPSA) is 21.3 Å². The van der Waals surface area contributed by atoms with Gasteiger partial charge in [-0.15, -0.1) is 0 Å². The van der Waals surface area contributed by atoms with Gasteiger partial charge in [0.15, 0.2) is 0 Å². The van der Waals surface area contributed by atoms with Crippen LogP contribution in [-0.4, -0.2) is 25.3 Å². The van der Waals surface area contributed by atoms with Crippen LogP contribution < -0.4 is 5.32 Å². The van der Waals surface area contributed by atoms with Gasteiger partial charge in [0.25, 0.3) is 0 Å². The zero-order valence-corrected chi connectivity index (χ0v) is 10.5. The molecule has 0 spiro atoms. The van der Waals surface area contributed by atoms with Gasteiger partial charge in [0.1, 0.15) is 0 Å². The lowest BCUT2D eigenvalue weighted by molar-refractivity contribution is 0.0607. The van der Waals surface area contributed by atoms with E-state index in [9.17, 15) is 0 Å². The van der Waals surface area contributed by atoms with E-state index in [1.54, 1.807) is 0 Å². The fourth-order valence-electron chi connectivity index (χ4n) is 2.90. The van der Waals surface area contributed by atoms with Gasteiger partial charge < -0.3 is 10.1 Å². The molecule has 0 saturated carbocycles. The highest BCUT2D eigenvalue weighted by Crippen LogP contribution is 2.21. The largest absolute Gasteiger partial charge is 0.381 e. The summed E-state index contributed by atoms with van der Waals surface area (Å²) in [6, 6.07) is 1.39. The van der Waals surface area contributed by atoms with Crippen molar-refractivity contribution in [1.82, 2.24) is 5.32 Å². The van der Waals surface area contributed by atoms with Crippen LogP contribution in [0.25, 0.3) is 0 Å². The second-order valence-electron chi connectivity index (χ2n) is 5.34. The van der Waals surface area contributed by atoms with Crippen molar-refractivity contribution < 1.29 is 4.74 Å². The third kappa shape index (κ3) is 3.91. The van der Waals surface area contributed by atoms with Crippen molar-refractivity contribution in [3.05, 3.63) is 12.2 Å². The summed E-state index contributed by atoms with van der Waals surface area (Å²) in [5.74, 6) is 0.885. The zero-order valence-electron chi connectivity index (χ0n) is 10.5. The third-order valence-electron chi connectivity index (χ3n) is 3.82. The summed E-state index contributed by atoms with van der Waals surface area (Å²) in [4.78, 5) is 0. The molecule has 1 saturated heterocycles. The van der Waals surface area contributed by atoms with Gasteiger partial charge >= 0.3 is 0 Å². The maximum absolute atomic E-state index is 5.40. The molecule has 1 aliphatic carbocycles. The van der Waals surface area contributed by atoms with E-state index in [4.69, 9.17) is 4.74 Å². The van der Waals surface area contributed by atoms with Crippen molar-refractivity contribution in [3.8, 4) is 0 Å². The second kappa shape index (κ2) is 6.41. The molecule has 2 rings (SSSR count). The fourth-order valence-corrected chi connectivity index (χ4v) is 2.90. The van der Waals surface area contributed by atoms with Crippen LogP contribution in [0.2, 0.25) is 0 Å². The zero-order chi connectivity index (χ0) is 11.2. The predicted octanol–water partition coefficient (Wildman–Crippen LogP) is 2.89. The van der Waals surface area contributed by atoms with Crippen LogP contribution in [0.4, 0.5) is 0 Å². The highest BCUT2D eigenvalue weighted by atomic mass is 16.5. The van der Waals surface area contributed by atoms with Gasteiger partial charge in [0.05, 0.1) is 0 Å². The summed E-state index contributed by atoms with van der Waals surface area (Å²) in [6.07, 6.45) is 12.3. The van der Waals surface area contributed by atoms with Crippen molar-refractivity contribution in [2.24, 2.45) is 5.92 Å². The summed E-state index contributed by atoms with van der Waals surface area (Å²) < 4.78 is 5.40. The molecule has 2 heteroatoms. The van der Waals surface area contributed by atoms with Crippen LogP contribution in [0, 0.1) is 5.92 Å². The molecule has 0 aromatic carbocycles. The molecule has 2 atom stereocenters. The summed E-state index contributed by atoms with van der Waals surface area (Å²) in [5.41, 5.74) is 0. The van der Waals surface area contributed by atoms with Crippen molar-refractivity contribution in [2.75, 3.05) is 13.2 Å². The van der Waals surface area contributed by atoms with Gasteiger partial charge in [0.2, 0.25) is 0 Å². The Balaban J connectivity index is 1.66. The first-order valence-electron chi connectivity index (χ1n) is 6.83. The Morgan fingerprint density at radius 3 is 2.75 bits per heavy atom. The van der Waals surface area contributed by atoms with E-state index in [1.165, 1.54) is 38.5 Å². The van der Waals surface area contributed by atoms with Crippen molar-refractivity contribution in [1.29, 1.82) is 0 Å². The van der Waals surface area contributed by atoms with E-state index in [0.717, 1.165) is 25.2 Å². The van der Waals surface area contributed by atoms with E-state index in [0.29, 0.717) is 6.04 Å². The number of ether oxygens (including phenoxy) is 1. The van der Waals surface area contributed by atoms with Gasteiger partial charge in [-0.25, -0.2) is 0 Å². The van der Waals surface area contributed by atoms with E-state index in [-0.39, 0.29) is 0 Å². The molecule has 0 aromatic rings. The molecule has 1 fully saturated rings. The molecule has 1 aliphatic heterocycles. The molecule has 2 unspecified atom stereocenters. The SMILES string of the molecule is CC(CC1CCOCC1)NC1CC=CCC1. The Morgan fingerprint density at radius 2 is 2.06 bits per heavy atom. The normalized spacial score (nSPS) is 29.2. The molecule has 2 nitrogen and oxygen atoms in total. The van der Waals surface area contributed by atoms with Crippen LogP contribution in [0.1, 0.15) is 45.4 Å². The number of rotatable bonds is 4. The van der Waals surface area contributed by atoms with Gasteiger partial charge in [-0.05, 0) is 51.4 Å². The molecule has 1 heterocycles. The minimum Gasteiger partial charge on any atom is -0.381 e. The molecule has 0 aromatic heterocycles. The first-order chi connectivity index (χ1) is 7.84. The van der Waals surface area contributed by atoms with Crippen LogP contribution >= 0.6 is 0 Å². The maximum atomic E-state index is 5.40. The fraction of sp³-hybridized carbons (Fsp3) is 0.857. The highest BCUT2D eigenvalue weighted by molar-refractivity contribution is 4.93. The minimum atomic E-state index is 0.666. The minimum absolute atomic E-state index is 0.666. The molecule has 1 N–H and O–H groups in total. The lowest BCUT2D eigenvalue weighted by atomic mass is 9.92. The molecule has 0 amide bonds. The first-order valence-corrected chi connectivity index (χ1v) is 6.83. The Hall–Kier alpha value is -0.340. The number of hydrogen-bond donors (Lipinski definition) is 1. The predicted molar refractivity (Wildman–Crippen MR) is 67.5 cm³/mol. The molecular weight excluding hydrogens is 198 g/mol. The Kier molecular flexibility index (Phi) is 4.86. The van der Waals surface area contributed by atoms with E-state index < -0.39 is 0 Å². The highest BCUT2D eigenvalue weighted by Gasteiger charge is 2.18. The lowest BCUT2D eigenvalue weighted by Crippen LogP contribution is -2.38. The summed E-state index contributed by atoms with van der Waals surface area (Å²) >= 11 is 0. The average molecular weight is 223 g/mol. The standard InChI is InChI=1S/C14H25NO/c1-12(11-13-7-9-16-10-8-13)15-14-5-3-2-4-6-14/h2-3,12-15H,4-11H2,1H3. The molecule has 92 valence electrons. The van der Waals surface area contributed by atoms with Gasteiger partial charge in [0, 0.05) is 25.3 Å². The Morgan fingerprint density at radius 1 is 1.25 bits per heavy atom.